The number of aromatic nitrogens is 1. The van der Waals surface area contributed by atoms with Gasteiger partial charge in [-0.1, -0.05) is 30.3 Å². The normalized spacial score (nSPS) is 15.4. The van der Waals surface area contributed by atoms with Gasteiger partial charge in [0.25, 0.3) is 0 Å². The number of anilines is 1. The van der Waals surface area contributed by atoms with E-state index in [1.807, 2.05) is 0 Å². The van der Waals surface area contributed by atoms with Crippen LogP contribution in [0.15, 0.2) is 42.6 Å². The molecule has 3 nitrogen and oxygen atoms in total. The fourth-order valence-corrected chi connectivity index (χ4v) is 3.12. The predicted octanol–water partition coefficient (Wildman–Crippen LogP) is 3.06. The third kappa shape index (κ3) is 3.48. The Morgan fingerprint density at radius 2 is 1.71 bits per heavy atom. The number of hydrogen-bond acceptors (Lipinski definition) is 2. The second kappa shape index (κ2) is 6.81. The van der Waals surface area contributed by atoms with Gasteiger partial charge < -0.3 is 14.6 Å². The van der Waals surface area contributed by atoms with E-state index in [1.165, 1.54) is 36.2 Å². The Balaban J connectivity index is 1.85. The summed E-state index contributed by atoms with van der Waals surface area (Å²) in [6, 6.07) is 12.8. The van der Waals surface area contributed by atoms with Gasteiger partial charge in [0.05, 0.1) is 0 Å². The molecule has 1 aromatic carbocycles. The van der Waals surface area contributed by atoms with Gasteiger partial charge in [0.2, 0.25) is 0 Å². The van der Waals surface area contributed by atoms with Crippen molar-refractivity contribution in [2.75, 3.05) is 24.6 Å². The lowest BCUT2D eigenvalue weighted by Crippen LogP contribution is -2.31. The van der Waals surface area contributed by atoms with Crippen LogP contribution in [0.1, 0.15) is 30.4 Å². The van der Waals surface area contributed by atoms with E-state index in [9.17, 15) is 5.11 Å². The summed E-state index contributed by atoms with van der Waals surface area (Å²) in [5.74, 6) is 1.31. The lowest BCUT2D eigenvalue weighted by Gasteiger charge is -2.29. The molecule has 3 heteroatoms. The zero-order valence-corrected chi connectivity index (χ0v) is 12.5. The molecule has 0 unspecified atom stereocenters. The van der Waals surface area contributed by atoms with E-state index in [2.05, 4.69) is 52.1 Å². The van der Waals surface area contributed by atoms with Gasteiger partial charge in [0.1, 0.15) is 5.82 Å². The number of aliphatic hydroxyl groups excluding tert-OH is 1. The maximum absolute atomic E-state index is 9.20. The molecule has 112 valence electrons. The van der Waals surface area contributed by atoms with Crippen molar-refractivity contribution in [3.63, 3.8) is 0 Å². The van der Waals surface area contributed by atoms with Gasteiger partial charge in [-0.25, -0.2) is 0 Å². The van der Waals surface area contributed by atoms with Crippen LogP contribution in [0.5, 0.6) is 0 Å². The van der Waals surface area contributed by atoms with Crippen LogP contribution >= 0.6 is 0 Å². The monoisotopic (exact) mass is 284 g/mol. The largest absolute Gasteiger partial charge is 0.396 e. The number of benzene rings is 1. The SMILES string of the molecule is OCCc1cc(N2CCCCC2)n(Cc2ccccc2)c1. The highest BCUT2D eigenvalue weighted by atomic mass is 16.2. The molecule has 0 amide bonds. The first-order chi connectivity index (χ1) is 10.4. The topological polar surface area (TPSA) is 28.4 Å². The molecule has 2 aromatic rings. The van der Waals surface area contributed by atoms with E-state index < -0.39 is 0 Å². The molecule has 0 aliphatic carbocycles. The molecule has 0 bridgehead atoms. The van der Waals surface area contributed by atoms with Crippen LogP contribution in [-0.4, -0.2) is 29.4 Å². The standard InChI is InChI=1S/C18H24N2O/c21-12-9-17-13-18(19-10-5-2-6-11-19)20(15-17)14-16-7-3-1-4-8-16/h1,3-4,7-8,13,15,21H,2,5-6,9-12,14H2. The second-order valence-corrected chi connectivity index (χ2v) is 5.84. The Hall–Kier alpha value is -1.74. The lowest BCUT2D eigenvalue weighted by molar-refractivity contribution is 0.299. The molecule has 0 radical (unpaired) electrons. The molecule has 1 aliphatic rings. The second-order valence-electron chi connectivity index (χ2n) is 5.84. The van der Waals surface area contributed by atoms with Crippen molar-refractivity contribution >= 4 is 5.82 Å². The number of piperidine rings is 1. The van der Waals surface area contributed by atoms with Gasteiger partial charge in [-0.15, -0.1) is 0 Å². The summed E-state index contributed by atoms with van der Waals surface area (Å²) in [6.45, 7) is 3.42. The first-order valence-corrected chi connectivity index (χ1v) is 7.95. The van der Waals surface area contributed by atoms with Gasteiger partial charge in [0, 0.05) is 32.4 Å². The highest BCUT2D eigenvalue weighted by Gasteiger charge is 2.16. The Kier molecular flexibility index (Phi) is 4.61. The van der Waals surface area contributed by atoms with Crippen molar-refractivity contribution in [3.8, 4) is 0 Å². The lowest BCUT2D eigenvalue weighted by atomic mass is 10.1. The van der Waals surface area contributed by atoms with Crippen molar-refractivity contribution in [3.05, 3.63) is 53.7 Å². The smallest absolute Gasteiger partial charge is 0.109 e. The highest BCUT2D eigenvalue weighted by Crippen LogP contribution is 2.24. The molecule has 1 N–H and O–H groups in total. The molecule has 1 saturated heterocycles. The summed E-state index contributed by atoms with van der Waals surface area (Å²) in [7, 11) is 0. The van der Waals surface area contributed by atoms with Crippen molar-refractivity contribution < 1.29 is 5.11 Å². The number of nitrogens with zero attached hydrogens (tertiary/aromatic N) is 2. The number of hydrogen-bond donors (Lipinski definition) is 1. The van der Waals surface area contributed by atoms with Crippen LogP contribution < -0.4 is 4.90 Å². The molecule has 1 aromatic heterocycles. The minimum atomic E-state index is 0.217. The van der Waals surface area contributed by atoms with E-state index in [4.69, 9.17) is 0 Å². The fourth-order valence-electron chi connectivity index (χ4n) is 3.12. The minimum absolute atomic E-state index is 0.217. The molecule has 0 saturated carbocycles. The van der Waals surface area contributed by atoms with Crippen LogP contribution in [0.4, 0.5) is 5.82 Å². The average molecular weight is 284 g/mol. The summed E-state index contributed by atoms with van der Waals surface area (Å²) in [5, 5.41) is 9.20. The number of aliphatic hydroxyl groups is 1. The summed E-state index contributed by atoms with van der Waals surface area (Å²) in [6.07, 6.45) is 6.85. The zero-order valence-electron chi connectivity index (χ0n) is 12.5. The van der Waals surface area contributed by atoms with E-state index in [-0.39, 0.29) is 6.61 Å². The van der Waals surface area contributed by atoms with E-state index in [0.717, 1.165) is 26.1 Å². The molecule has 2 heterocycles. The predicted molar refractivity (Wildman–Crippen MR) is 86.8 cm³/mol. The maximum Gasteiger partial charge on any atom is 0.109 e. The molecule has 1 fully saturated rings. The quantitative estimate of drug-likeness (QED) is 0.914. The van der Waals surface area contributed by atoms with Gasteiger partial charge in [0.15, 0.2) is 0 Å². The summed E-state index contributed by atoms with van der Waals surface area (Å²) in [5.41, 5.74) is 2.55. The van der Waals surface area contributed by atoms with Crippen LogP contribution in [0, 0.1) is 0 Å². The Bertz CT molecular complexity index is 556. The Labute approximate surface area is 126 Å². The van der Waals surface area contributed by atoms with Crippen molar-refractivity contribution in [1.29, 1.82) is 0 Å². The molecule has 0 spiro atoms. The Morgan fingerprint density at radius 1 is 0.952 bits per heavy atom. The Morgan fingerprint density at radius 3 is 2.43 bits per heavy atom. The van der Waals surface area contributed by atoms with Crippen molar-refractivity contribution in [2.24, 2.45) is 0 Å². The van der Waals surface area contributed by atoms with Crippen molar-refractivity contribution in [2.45, 2.75) is 32.2 Å². The third-order valence-corrected chi connectivity index (χ3v) is 4.21. The van der Waals surface area contributed by atoms with Gasteiger partial charge in [-0.2, -0.15) is 0 Å². The molecule has 21 heavy (non-hydrogen) atoms. The first-order valence-electron chi connectivity index (χ1n) is 7.95. The van der Waals surface area contributed by atoms with E-state index in [1.54, 1.807) is 0 Å². The van der Waals surface area contributed by atoms with Crippen molar-refractivity contribution in [1.82, 2.24) is 4.57 Å². The van der Waals surface area contributed by atoms with E-state index >= 15 is 0 Å². The van der Waals surface area contributed by atoms with Gasteiger partial charge in [-0.3, -0.25) is 0 Å². The van der Waals surface area contributed by atoms with Crippen LogP contribution in [0.2, 0.25) is 0 Å². The molecular formula is C18H24N2O. The van der Waals surface area contributed by atoms with Crippen LogP contribution in [0.3, 0.4) is 0 Å². The van der Waals surface area contributed by atoms with Crippen LogP contribution in [0.25, 0.3) is 0 Å². The number of rotatable bonds is 5. The fraction of sp³-hybridized carbons (Fsp3) is 0.444. The highest BCUT2D eigenvalue weighted by molar-refractivity contribution is 5.45. The molecule has 3 rings (SSSR count). The zero-order chi connectivity index (χ0) is 14.5. The minimum Gasteiger partial charge on any atom is -0.396 e. The summed E-state index contributed by atoms with van der Waals surface area (Å²) in [4.78, 5) is 2.49. The first kappa shape index (κ1) is 14.2. The average Bonchev–Trinajstić information content (AvgIpc) is 2.92. The van der Waals surface area contributed by atoms with E-state index in [0.29, 0.717) is 0 Å². The molecular weight excluding hydrogens is 260 g/mol. The summed E-state index contributed by atoms with van der Waals surface area (Å²) < 4.78 is 2.34. The van der Waals surface area contributed by atoms with Crippen LogP contribution in [-0.2, 0) is 13.0 Å². The molecule has 0 atom stereocenters. The van der Waals surface area contributed by atoms with Gasteiger partial charge >= 0.3 is 0 Å². The maximum atomic E-state index is 9.20. The van der Waals surface area contributed by atoms with Gasteiger partial charge in [-0.05, 0) is 42.9 Å². The molecule has 1 aliphatic heterocycles. The third-order valence-electron chi connectivity index (χ3n) is 4.21. The summed E-state index contributed by atoms with van der Waals surface area (Å²) >= 11 is 0.